The van der Waals surface area contributed by atoms with Gasteiger partial charge in [0.25, 0.3) is 5.91 Å². The van der Waals surface area contributed by atoms with Crippen molar-refractivity contribution < 1.29 is 9.21 Å². The topological polar surface area (TPSA) is 68.3 Å². The minimum absolute atomic E-state index is 0.208. The average molecular weight is 244 g/mol. The number of hydrogen-bond donors (Lipinski definition) is 2. The summed E-state index contributed by atoms with van der Waals surface area (Å²) in [6.45, 7) is 5.52. The molecule has 0 aliphatic heterocycles. The average Bonchev–Trinajstić information content (AvgIpc) is 2.62. The van der Waals surface area contributed by atoms with Crippen LogP contribution in [0, 0.1) is 20.8 Å². The molecule has 94 valence electrons. The Balaban J connectivity index is 2.24. The van der Waals surface area contributed by atoms with Crippen LogP contribution in [0.1, 0.15) is 27.4 Å². The fourth-order valence-corrected chi connectivity index (χ4v) is 1.84. The first-order chi connectivity index (χ1) is 8.47. The zero-order valence-electron chi connectivity index (χ0n) is 10.7. The van der Waals surface area contributed by atoms with Crippen LogP contribution in [0.25, 0.3) is 0 Å². The second-order valence-corrected chi connectivity index (χ2v) is 4.37. The standard InChI is InChI=1S/C14H16N2O2/c1-8-4-5-13(12(15)6-8)16-14(17)11-7-9(2)18-10(11)3/h4-7H,15H2,1-3H3,(H,16,17). The lowest BCUT2D eigenvalue weighted by molar-refractivity contribution is 0.102. The van der Waals surface area contributed by atoms with Crippen LogP contribution in [0.5, 0.6) is 0 Å². The normalized spacial score (nSPS) is 10.4. The summed E-state index contributed by atoms with van der Waals surface area (Å²) in [4.78, 5) is 12.1. The first-order valence-electron chi connectivity index (χ1n) is 5.72. The number of furan rings is 1. The maximum absolute atomic E-state index is 12.1. The SMILES string of the molecule is Cc1ccc(NC(=O)c2cc(C)oc2C)c(N)c1. The Bertz CT molecular complexity index is 600. The molecule has 2 aromatic rings. The smallest absolute Gasteiger partial charge is 0.259 e. The van der Waals surface area contributed by atoms with E-state index >= 15 is 0 Å². The lowest BCUT2D eigenvalue weighted by atomic mass is 10.1. The Hall–Kier alpha value is -2.23. The third kappa shape index (κ3) is 2.37. The van der Waals surface area contributed by atoms with Gasteiger partial charge in [-0.25, -0.2) is 0 Å². The van der Waals surface area contributed by atoms with E-state index in [1.54, 1.807) is 19.1 Å². The third-order valence-electron chi connectivity index (χ3n) is 2.74. The number of aryl methyl sites for hydroxylation is 3. The summed E-state index contributed by atoms with van der Waals surface area (Å²) >= 11 is 0. The Morgan fingerprint density at radius 2 is 1.94 bits per heavy atom. The van der Waals surface area contributed by atoms with Crippen molar-refractivity contribution in [3.63, 3.8) is 0 Å². The van der Waals surface area contributed by atoms with E-state index in [2.05, 4.69) is 5.32 Å². The predicted molar refractivity (Wildman–Crippen MR) is 71.7 cm³/mol. The maximum atomic E-state index is 12.1. The minimum atomic E-state index is -0.208. The fourth-order valence-electron chi connectivity index (χ4n) is 1.84. The second kappa shape index (κ2) is 4.56. The number of amides is 1. The Kier molecular flexibility index (Phi) is 3.10. The summed E-state index contributed by atoms with van der Waals surface area (Å²) in [6, 6.07) is 7.24. The highest BCUT2D eigenvalue weighted by Gasteiger charge is 2.14. The molecule has 1 amide bonds. The summed E-state index contributed by atoms with van der Waals surface area (Å²) in [5, 5.41) is 2.78. The van der Waals surface area contributed by atoms with Crippen molar-refractivity contribution in [1.82, 2.24) is 0 Å². The number of carbonyl (C=O) groups is 1. The molecule has 0 spiro atoms. The number of carbonyl (C=O) groups excluding carboxylic acids is 1. The maximum Gasteiger partial charge on any atom is 0.259 e. The van der Waals surface area contributed by atoms with E-state index in [0.29, 0.717) is 22.7 Å². The van der Waals surface area contributed by atoms with Crippen molar-refractivity contribution in [1.29, 1.82) is 0 Å². The first kappa shape index (κ1) is 12.2. The molecule has 0 saturated heterocycles. The van der Waals surface area contributed by atoms with Gasteiger partial charge >= 0.3 is 0 Å². The lowest BCUT2D eigenvalue weighted by Gasteiger charge is -2.08. The van der Waals surface area contributed by atoms with Gasteiger partial charge in [0.05, 0.1) is 16.9 Å². The molecule has 0 bridgehead atoms. The van der Waals surface area contributed by atoms with Gasteiger partial charge < -0.3 is 15.5 Å². The molecule has 1 heterocycles. The molecule has 0 unspecified atom stereocenters. The van der Waals surface area contributed by atoms with Crippen LogP contribution in [0.4, 0.5) is 11.4 Å². The quantitative estimate of drug-likeness (QED) is 0.798. The molecule has 4 heteroatoms. The summed E-state index contributed by atoms with van der Waals surface area (Å²) in [5.41, 5.74) is 8.62. The van der Waals surface area contributed by atoms with Crippen LogP contribution in [0.2, 0.25) is 0 Å². The van der Waals surface area contributed by atoms with E-state index in [4.69, 9.17) is 10.2 Å². The largest absolute Gasteiger partial charge is 0.466 e. The molecule has 3 N–H and O–H groups in total. The molecule has 0 saturated carbocycles. The number of nitrogens with two attached hydrogens (primary N) is 1. The van der Waals surface area contributed by atoms with E-state index in [1.165, 1.54) is 0 Å². The van der Waals surface area contributed by atoms with Crippen molar-refractivity contribution in [2.45, 2.75) is 20.8 Å². The van der Waals surface area contributed by atoms with Crippen LogP contribution < -0.4 is 11.1 Å². The molecule has 0 fully saturated rings. The molecule has 2 rings (SSSR count). The van der Waals surface area contributed by atoms with Gasteiger partial charge in [-0.2, -0.15) is 0 Å². The second-order valence-electron chi connectivity index (χ2n) is 4.37. The van der Waals surface area contributed by atoms with Crippen molar-refractivity contribution in [2.75, 3.05) is 11.1 Å². The van der Waals surface area contributed by atoms with Crippen LogP contribution in [0.15, 0.2) is 28.7 Å². The van der Waals surface area contributed by atoms with Crippen LogP contribution >= 0.6 is 0 Å². The van der Waals surface area contributed by atoms with Gasteiger partial charge in [-0.05, 0) is 44.5 Å². The first-order valence-corrected chi connectivity index (χ1v) is 5.72. The van der Waals surface area contributed by atoms with Crippen LogP contribution in [-0.4, -0.2) is 5.91 Å². The van der Waals surface area contributed by atoms with E-state index in [0.717, 1.165) is 11.3 Å². The Morgan fingerprint density at radius 3 is 2.50 bits per heavy atom. The summed E-state index contributed by atoms with van der Waals surface area (Å²) in [6.07, 6.45) is 0. The molecule has 1 aromatic carbocycles. The Labute approximate surface area is 106 Å². The highest BCUT2D eigenvalue weighted by molar-refractivity contribution is 6.06. The number of anilines is 2. The summed E-state index contributed by atoms with van der Waals surface area (Å²) in [7, 11) is 0. The van der Waals surface area contributed by atoms with E-state index in [9.17, 15) is 4.79 Å². The molecule has 0 aliphatic rings. The lowest BCUT2D eigenvalue weighted by Crippen LogP contribution is -2.13. The number of hydrogen-bond acceptors (Lipinski definition) is 3. The van der Waals surface area contributed by atoms with Crippen molar-refractivity contribution in [3.8, 4) is 0 Å². The van der Waals surface area contributed by atoms with Gasteiger partial charge in [0, 0.05) is 0 Å². The van der Waals surface area contributed by atoms with E-state index in [1.807, 2.05) is 26.0 Å². The molecular weight excluding hydrogens is 228 g/mol. The highest BCUT2D eigenvalue weighted by Crippen LogP contribution is 2.21. The van der Waals surface area contributed by atoms with Gasteiger partial charge in [0.15, 0.2) is 0 Å². The monoisotopic (exact) mass is 244 g/mol. The van der Waals surface area contributed by atoms with Crippen LogP contribution in [0.3, 0.4) is 0 Å². The third-order valence-corrected chi connectivity index (χ3v) is 2.74. The van der Waals surface area contributed by atoms with Gasteiger partial charge in [0.1, 0.15) is 11.5 Å². The molecule has 0 radical (unpaired) electrons. The number of benzene rings is 1. The Morgan fingerprint density at radius 1 is 1.22 bits per heavy atom. The summed E-state index contributed by atoms with van der Waals surface area (Å²) in [5.74, 6) is 1.12. The fraction of sp³-hybridized carbons (Fsp3) is 0.214. The van der Waals surface area contributed by atoms with Crippen LogP contribution in [-0.2, 0) is 0 Å². The van der Waals surface area contributed by atoms with Gasteiger partial charge in [-0.1, -0.05) is 6.07 Å². The highest BCUT2D eigenvalue weighted by atomic mass is 16.3. The molecule has 0 aliphatic carbocycles. The van der Waals surface area contributed by atoms with Crippen molar-refractivity contribution >= 4 is 17.3 Å². The van der Waals surface area contributed by atoms with Gasteiger partial charge in [-0.15, -0.1) is 0 Å². The predicted octanol–water partition coefficient (Wildman–Crippen LogP) is 3.04. The number of nitrogens with one attached hydrogen (secondary N) is 1. The zero-order chi connectivity index (χ0) is 13.3. The van der Waals surface area contributed by atoms with E-state index in [-0.39, 0.29) is 5.91 Å². The molecule has 4 nitrogen and oxygen atoms in total. The number of rotatable bonds is 2. The van der Waals surface area contributed by atoms with Crippen molar-refractivity contribution in [2.24, 2.45) is 0 Å². The molecule has 18 heavy (non-hydrogen) atoms. The van der Waals surface area contributed by atoms with E-state index < -0.39 is 0 Å². The molecule has 0 atom stereocenters. The summed E-state index contributed by atoms with van der Waals surface area (Å²) < 4.78 is 5.33. The minimum Gasteiger partial charge on any atom is -0.466 e. The zero-order valence-corrected chi connectivity index (χ0v) is 10.7. The van der Waals surface area contributed by atoms with Gasteiger partial charge in [0.2, 0.25) is 0 Å². The molecule has 1 aromatic heterocycles. The van der Waals surface area contributed by atoms with Gasteiger partial charge in [-0.3, -0.25) is 4.79 Å². The number of nitrogen functional groups attached to an aromatic ring is 1. The van der Waals surface area contributed by atoms with Crippen molar-refractivity contribution in [3.05, 3.63) is 46.9 Å². The molecular formula is C14H16N2O2.